The van der Waals surface area contributed by atoms with Gasteiger partial charge < -0.3 is 4.98 Å². The summed E-state index contributed by atoms with van der Waals surface area (Å²) in [5.41, 5.74) is 5.87. The number of H-pyrrole nitrogens is 1. The van der Waals surface area contributed by atoms with Crippen molar-refractivity contribution in [2.75, 3.05) is 13.1 Å². The Bertz CT molecular complexity index is 963. The molecule has 1 N–H and O–H groups in total. The number of aromatic nitrogens is 2. The van der Waals surface area contributed by atoms with Crippen molar-refractivity contribution in [2.24, 2.45) is 0 Å². The lowest BCUT2D eigenvalue weighted by Crippen LogP contribution is -2.37. The molecule has 27 heavy (non-hydrogen) atoms. The molecule has 2 heterocycles. The second-order valence-corrected chi connectivity index (χ2v) is 7.57. The highest BCUT2D eigenvalue weighted by Crippen LogP contribution is 2.29. The minimum absolute atomic E-state index is 0.0173. The summed E-state index contributed by atoms with van der Waals surface area (Å²) in [7, 11) is 0. The Morgan fingerprint density at radius 3 is 2.33 bits per heavy atom. The Labute approximate surface area is 160 Å². The first-order valence-electron chi connectivity index (χ1n) is 9.77. The summed E-state index contributed by atoms with van der Waals surface area (Å²) in [6.45, 7) is 7.20. The van der Waals surface area contributed by atoms with Gasteiger partial charge in [0.15, 0.2) is 0 Å². The molecule has 1 aliphatic rings. The van der Waals surface area contributed by atoms with Gasteiger partial charge >= 0.3 is 5.69 Å². The van der Waals surface area contributed by atoms with Gasteiger partial charge in [-0.1, -0.05) is 54.6 Å². The summed E-state index contributed by atoms with van der Waals surface area (Å²) >= 11 is 0. The molecule has 0 unspecified atom stereocenters. The van der Waals surface area contributed by atoms with Crippen molar-refractivity contribution in [3.63, 3.8) is 0 Å². The van der Waals surface area contributed by atoms with E-state index in [-0.39, 0.29) is 11.7 Å². The third-order valence-electron chi connectivity index (χ3n) is 5.73. The van der Waals surface area contributed by atoms with Gasteiger partial charge in [0.2, 0.25) is 0 Å². The van der Waals surface area contributed by atoms with E-state index in [2.05, 4.69) is 53.2 Å². The molecule has 0 radical (unpaired) electrons. The highest BCUT2D eigenvalue weighted by atomic mass is 16.1. The fourth-order valence-corrected chi connectivity index (χ4v) is 4.23. The van der Waals surface area contributed by atoms with E-state index in [1.165, 1.54) is 11.1 Å². The van der Waals surface area contributed by atoms with Crippen LogP contribution in [0.2, 0.25) is 0 Å². The molecule has 4 rings (SSSR count). The Morgan fingerprint density at radius 1 is 0.963 bits per heavy atom. The van der Waals surface area contributed by atoms with Crippen LogP contribution in [0, 0.1) is 13.8 Å². The first-order valence-corrected chi connectivity index (χ1v) is 9.77. The first kappa shape index (κ1) is 17.8. The lowest BCUT2D eigenvalue weighted by atomic mass is 10.0. The van der Waals surface area contributed by atoms with Gasteiger partial charge in [0, 0.05) is 36.9 Å². The minimum Gasteiger partial charge on any atom is -0.309 e. The topological polar surface area (TPSA) is 41.0 Å². The quantitative estimate of drug-likeness (QED) is 0.753. The van der Waals surface area contributed by atoms with Crippen molar-refractivity contribution in [2.45, 2.75) is 39.3 Å². The van der Waals surface area contributed by atoms with Crippen LogP contribution in [-0.4, -0.2) is 27.5 Å². The highest BCUT2D eigenvalue weighted by molar-refractivity contribution is 5.62. The lowest BCUT2D eigenvalue weighted by Gasteiger charge is -2.33. The fraction of sp³-hybridized carbons (Fsp3) is 0.348. The van der Waals surface area contributed by atoms with Gasteiger partial charge in [0.25, 0.3) is 0 Å². The zero-order valence-corrected chi connectivity index (χ0v) is 16.1. The molecule has 3 aromatic rings. The molecular weight excluding hydrogens is 334 g/mol. The van der Waals surface area contributed by atoms with Crippen molar-refractivity contribution >= 4 is 0 Å². The molecule has 0 aliphatic carbocycles. The lowest BCUT2D eigenvalue weighted by molar-refractivity contribution is 0.178. The minimum atomic E-state index is 0.0173. The molecule has 4 heteroatoms. The van der Waals surface area contributed by atoms with Crippen LogP contribution in [0.15, 0.2) is 59.4 Å². The van der Waals surface area contributed by atoms with Gasteiger partial charge in [0.1, 0.15) is 0 Å². The van der Waals surface area contributed by atoms with Gasteiger partial charge in [-0.2, -0.15) is 0 Å². The fourth-order valence-electron chi connectivity index (χ4n) is 4.23. The van der Waals surface area contributed by atoms with Crippen LogP contribution in [0.25, 0.3) is 11.3 Å². The molecule has 1 fully saturated rings. The average Bonchev–Trinajstić information content (AvgIpc) is 2.99. The second-order valence-electron chi connectivity index (χ2n) is 7.57. The number of piperidine rings is 1. The van der Waals surface area contributed by atoms with Gasteiger partial charge in [-0.15, -0.1) is 0 Å². The molecule has 0 amide bonds. The molecule has 0 atom stereocenters. The summed E-state index contributed by atoms with van der Waals surface area (Å²) in [5.74, 6) is 0. The van der Waals surface area contributed by atoms with E-state index in [1.807, 2.05) is 29.7 Å². The van der Waals surface area contributed by atoms with E-state index in [9.17, 15) is 4.79 Å². The standard InChI is InChI=1S/C23H27N3O/c1-17-8-6-7-11-20(17)16-25-14-12-21(13-15-25)26-22(18(2)24-23(26)27)19-9-4-3-5-10-19/h3-11,21H,12-16H2,1-2H3,(H,24,27). The molecular formula is C23H27N3O. The summed E-state index contributed by atoms with van der Waals surface area (Å²) in [6, 6.07) is 19.1. The summed E-state index contributed by atoms with van der Waals surface area (Å²) < 4.78 is 2.00. The van der Waals surface area contributed by atoms with Crippen LogP contribution < -0.4 is 5.69 Å². The number of aryl methyl sites for hydroxylation is 2. The Balaban J connectivity index is 1.52. The molecule has 1 aliphatic heterocycles. The molecule has 2 aromatic carbocycles. The van der Waals surface area contributed by atoms with Crippen molar-refractivity contribution in [1.29, 1.82) is 0 Å². The monoisotopic (exact) mass is 361 g/mol. The van der Waals surface area contributed by atoms with Gasteiger partial charge in [-0.3, -0.25) is 9.47 Å². The number of hydrogen-bond acceptors (Lipinski definition) is 2. The Kier molecular flexibility index (Phi) is 4.99. The van der Waals surface area contributed by atoms with Crippen LogP contribution in [0.5, 0.6) is 0 Å². The number of imidazole rings is 1. The van der Waals surface area contributed by atoms with E-state index >= 15 is 0 Å². The summed E-state index contributed by atoms with van der Waals surface area (Å²) in [5, 5.41) is 0. The molecule has 140 valence electrons. The maximum absolute atomic E-state index is 12.6. The van der Waals surface area contributed by atoms with Crippen LogP contribution in [0.1, 0.15) is 35.7 Å². The van der Waals surface area contributed by atoms with Gasteiger partial charge in [0.05, 0.1) is 5.69 Å². The molecule has 4 nitrogen and oxygen atoms in total. The van der Waals surface area contributed by atoms with Crippen molar-refractivity contribution in [3.05, 3.63) is 81.9 Å². The maximum atomic E-state index is 12.6. The highest BCUT2D eigenvalue weighted by Gasteiger charge is 2.25. The van der Waals surface area contributed by atoms with Gasteiger partial charge in [-0.05, 0) is 37.8 Å². The largest absolute Gasteiger partial charge is 0.326 e. The van der Waals surface area contributed by atoms with E-state index in [1.54, 1.807) is 0 Å². The number of hydrogen-bond donors (Lipinski definition) is 1. The third-order valence-corrected chi connectivity index (χ3v) is 5.73. The van der Waals surface area contributed by atoms with Crippen molar-refractivity contribution < 1.29 is 0 Å². The summed E-state index contributed by atoms with van der Waals surface area (Å²) in [6.07, 6.45) is 2.01. The van der Waals surface area contributed by atoms with Crippen molar-refractivity contribution in [3.8, 4) is 11.3 Å². The summed E-state index contributed by atoms with van der Waals surface area (Å²) in [4.78, 5) is 18.2. The van der Waals surface area contributed by atoms with E-state index in [4.69, 9.17) is 0 Å². The van der Waals surface area contributed by atoms with E-state index in [0.29, 0.717) is 0 Å². The maximum Gasteiger partial charge on any atom is 0.326 e. The Morgan fingerprint density at radius 2 is 1.63 bits per heavy atom. The van der Waals surface area contributed by atoms with Crippen LogP contribution in [0.4, 0.5) is 0 Å². The zero-order chi connectivity index (χ0) is 18.8. The SMILES string of the molecule is Cc1ccccc1CN1CCC(n2c(-c3ccccc3)c(C)[nH]c2=O)CC1. The molecule has 1 aromatic heterocycles. The number of likely N-dealkylation sites (tertiary alicyclic amines) is 1. The third kappa shape index (κ3) is 3.62. The predicted octanol–water partition coefficient (Wildman–Crippen LogP) is 4.30. The van der Waals surface area contributed by atoms with Crippen LogP contribution in [0.3, 0.4) is 0 Å². The number of rotatable bonds is 4. The smallest absolute Gasteiger partial charge is 0.309 e. The van der Waals surface area contributed by atoms with Gasteiger partial charge in [-0.25, -0.2) is 4.79 Å². The molecule has 0 saturated carbocycles. The zero-order valence-electron chi connectivity index (χ0n) is 16.1. The number of aromatic amines is 1. The predicted molar refractivity (Wildman–Crippen MR) is 110 cm³/mol. The molecule has 1 saturated heterocycles. The van der Waals surface area contributed by atoms with E-state index < -0.39 is 0 Å². The van der Waals surface area contributed by atoms with E-state index in [0.717, 1.165) is 49.4 Å². The van der Waals surface area contributed by atoms with Crippen LogP contribution in [-0.2, 0) is 6.54 Å². The number of benzene rings is 2. The van der Waals surface area contributed by atoms with Crippen LogP contribution >= 0.6 is 0 Å². The number of nitrogens with zero attached hydrogens (tertiary/aromatic N) is 2. The number of nitrogens with one attached hydrogen (secondary N) is 1. The normalized spacial score (nSPS) is 15.9. The first-order chi connectivity index (χ1) is 13.1. The molecule has 0 bridgehead atoms. The van der Waals surface area contributed by atoms with Crippen molar-refractivity contribution in [1.82, 2.24) is 14.5 Å². The average molecular weight is 361 g/mol. The molecule has 0 spiro atoms. The second kappa shape index (κ2) is 7.57. The Hall–Kier alpha value is -2.59.